The maximum absolute atomic E-state index is 13.2. The first-order valence-electron chi connectivity index (χ1n) is 9.76. The molecule has 9 heteroatoms. The van der Waals surface area contributed by atoms with E-state index in [1.807, 2.05) is 0 Å². The Balaban J connectivity index is 2.00. The monoisotopic (exact) mass is 484 g/mol. The summed E-state index contributed by atoms with van der Waals surface area (Å²) >= 11 is 12.4. The number of aliphatic hydroxyl groups is 1. The number of carbonyl (C=O) groups is 2. The van der Waals surface area contributed by atoms with Gasteiger partial charge in [0.1, 0.15) is 23.3 Å². The van der Waals surface area contributed by atoms with Gasteiger partial charge in [-0.2, -0.15) is 0 Å². The van der Waals surface area contributed by atoms with Crippen LogP contribution in [0, 0.1) is 0 Å². The molecule has 168 valence electrons. The average Bonchev–Trinajstić information content (AvgIpc) is 3.09. The van der Waals surface area contributed by atoms with Crippen LogP contribution in [0.4, 0.5) is 5.69 Å². The minimum Gasteiger partial charge on any atom is -0.507 e. The first-order chi connectivity index (χ1) is 15.9. The van der Waals surface area contributed by atoms with Crippen molar-refractivity contribution in [2.24, 2.45) is 0 Å². The van der Waals surface area contributed by atoms with Crippen LogP contribution in [-0.4, -0.2) is 36.0 Å². The smallest absolute Gasteiger partial charge is 0.300 e. The van der Waals surface area contributed by atoms with Gasteiger partial charge >= 0.3 is 0 Å². The number of amides is 1. The number of nitrogens with zero attached hydrogens (tertiary/aromatic N) is 2. The van der Waals surface area contributed by atoms with E-state index in [1.54, 1.807) is 42.5 Å². The van der Waals surface area contributed by atoms with Gasteiger partial charge in [0, 0.05) is 23.0 Å². The second kappa shape index (κ2) is 9.13. The van der Waals surface area contributed by atoms with Crippen LogP contribution in [0.1, 0.15) is 17.3 Å². The minimum atomic E-state index is -1.01. The normalized spacial score (nSPS) is 17.3. The summed E-state index contributed by atoms with van der Waals surface area (Å²) in [5.74, 6) is -1.57. The minimum absolute atomic E-state index is 0.0829. The highest BCUT2D eigenvalue weighted by Gasteiger charge is 2.48. The summed E-state index contributed by atoms with van der Waals surface area (Å²) in [6.45, 7) is 0. The summed E-state index contributed by atoms with van der Waals surface area (Å²) in [6.07, 6.45) is 1.54. The molecule has 1 fully saturated rings. The van der Waals surface area contributed by atoms with Crippen molar-refractivity contribution in [3.05, 3.63) is 87.7 Å². The molecule has 3 aromatic rings. The van der Waals surface area contributed by atoms with Gasteiger partial charge in [0.15, 0.2) is 0 Å². The molecule has 1 aliphatic heterocycles. The second-order valence-corrected chi connectivity index (χ2v) is 7.94. The number of ketones is 1. The van der Waals surface area contributed by atoms with E-state index < -0.39 is 23.5 Å². The maximum atomic E-state index is 13.2. The Morgan fingerprint density at radius 1 is 1.03 bits per heavy atom. The summed E-state index contributed by atoms with van der Waals surface area (Å²) in [7, 11) is 2.87. The first kappa shape index (κ1) is 22.6. The zero-order valence-electron chi connectivity index (χ0n) is 17.6. The number of rotatable bonds is 5. The van der Waals surface area contributed by atoms with Crippen LogP contribution in [0.5, 0.6) is 11.5 Å². The molecule has 4 rings (SSSR count). The van der Waals surface area contributed by atoms with Crippen LogP contribution in [0.2, 0.25) is 10.0 Å². The topological polar surface area (TPSA) is 89.0 Å². The van der Waals surface area contributed by atoms with Gasteiger partial charge < -0.3 is 14.6 Å². The van der Waals surface area contributed by atoms with Crippen LogP contribution in [0.25, 0.3) is 5.76 Å². The molecule has 1 atom stereocenters. The van der Waals surface area contributed by atoms with Crippen molar-refractivity contribution < 1.29 is 24.2 Å². The van der Waals surface area contributed by atoms with E-state index >= 15 is 0 Å². The third-order valence-corrected chi connectivity index (χ3v) is 5.71. The van der Waals surface area contributed by atoms with Crippen molar-refractivity contribution in [2.75, 3.05) is 19.1 Å². The molecular formula is C24H18Cl2N2O5. The van der Waals surface area contributed by atoms with E-state index in [2.05, 4.69) is 4.98 Å². The van der Waals surface area contributed by atoms with Crippen molar-refractivity contribution in [1.29, 1.82) is 0 Å². The Morgan fingerprint density at radius 3 is 2.48 bits per heavy atom. The Bertz CT molecular complexity index is 1280. The molecule has 1 amide bonds. The largest absolute Gasteiger partial charge is 0.507 e. The molecule has 0 aliphatic carbocycles. The predicted octanol–water partition coefficient (Wildman–Crippen LogP) is 5.03. The molecule has 1 saturated heterocycles. The number of pyridine rings is 1. The van der Waals surface area contributed by atoms with Gasteiger partial charge in [0.2, 0.25) is 0 Å². The van der Waals surface area contributed by atoms with Gasteiger partial charge in [-0.05, 0) is 36.4 Å². The first-order valence-corrected chi connectivity index (χ1v) is 10.5. The van der Waals surface area contributed by atoms with E-state index in [0.29, 0.717) is 17.1 Å². The number of aliphatic hydroxyl groups excluding tert-OH is 1. The molecule has 1 aliphatic rings. The SMILES string of the molecule is COc1cccc(N2C(=O)C(=O)/C(=C(/O)c3cc(Cl)cc(Cl)c3OC)C2c2ccccn2)c1. The predicted molar refractivity (Wildman–Crippen MR) is 125 cm³/mol. The zero-order valence-corrected chi connectivity index (χ0v) is 19.1. The third kappa shape index (κ3) is 4.01. The molecule has 2 heterocycles. The van der Waals surface area contributed by atoms with Gasteiger partial charge in [-0.15, -0.1) is 0 Å². The Hall–Kier alpha value is -3.55. The van der Waals surface area contributed by atoms with Crippen LogP contribution >= 0.6 is 23.2 Å². The van der Waals surface area contributed by atoms with Crippen molar-refractivity contribution in [3.8, 4) is 11.5 Å². The molecule has 0 spiro atoms. The molecule has 2 aromatic carbocycles. The van der Waals surface area contributed by atoms with Crippen molar-refractivity contribution in [3.63, 3.8) is 0 Å². The standard InChI is InChI=1S/C24H18Cl2N2O5/c1-32-15-7-5-6-14(12-15)28-20(18-8-3-4-9-27-18)19(22(30)24(28)31)21(29)16-10-13(25)11-17(26)23(16)33-2/h3-12,20,29H,1-2H3/b21-19+. The number of aromatic nitrogens is 1. The highest BCUT2D eigenvalue weighted by atomic mass is 35.5. The fourth-order valence-corrected chi connectivity index (χ4v) is 4.34. The summed E-state index contributed by atoms with van der Waals surface area (Å²) in [6, 6.07) is 13.7. The van der Waals surface area contributed by atoms with Crippen LogP contribution in [0.3, 0.4) is 0 Å². The molecule has 33 heavy (non-hydrogen) atoms. The lowest BCUT2D eigenvalue weighted by atomic mass is 9.97. The molecule has 1 N–H and O–H groups in total. The van der Waals surface area contributed by atoms with Crippen LogP contribution < -0.4 is 14.4 Å². The number of halogens is 2. The summed E-state index contributed by atoms with van der Waals surface area (Å²) in [5.41, 5.74) is 0.702. The number of anilines is 1. The number of benzene rings is 2. The molecule has 7 nitrogen and oxygen atoms in total. The summed E-state index contributed by atoms with van der Waals surface area (Å²) < 4.78 is 10.6. The van der Waals surface area contributed by atoms with Crippen LogP contribution in [0.15, 0.2) is 66.4 Å². The summed E-state index contributed by atoms with van der Waals surface area (Å²) in [4.78, 5) is 32.1. The lowest BCUT2D eigenvalue weighted by Crippen LogP contribution is -2.29. The van der Waals surface area contributed by atoms with Crippen molar-refractivity contribution in [1.82, 2.24) is 4.98 Å². The number of hydrogen-bond acceptors (Lipinski definition) is 6. The fraction of sp³-hybridized carbons (Fsp3) is 0.125. The highest BCUT2D eigenvalue weighted by molar-refractivity contribution is 6.51. The lowest BCUT2D eigenvalue weighted by molar-refractivity contribution is -0.132. The molecule has 1 unspecified atom stereocenters. The van der Waals surface area contributed by atoms with Gasteiger partial charge in [0.25, 0.3) is 11.7 Å². The van der Waals surface area contributed by atoms with E-state index in [0.717, 1.165) is 0 Å². The maximum Gasteiger partial charge on any atom is 0.300 e. The molecular weight excluding hydrogens is 467 g/mol. The van der Waals surface area contributed by atoms with Crippen molar-refractivity contribution in [2.45, 2.75) is 6.04 Å². The fourth-order valence-electron chi connectivity index (χ4n) is 3.77. The quantitative estimate of drug-likeness (QED) is 0.310. The zero-order chi connectivity index (χ0) is 23.7. The van der Waals surface area contributed by atoms with E-state index in [1.165, 1.54) is 37.4 Å². The number of ether oxygens (including phenoxy) is 2. The summed E-state index contributed by atoms with van der Waals surface area (Å²) in [5, 5.41) is 11.7. The van der Waals surface area contributed by atoms with E-state index in [9.17, 15) is 14.7 Å². The van der Waals surface area contributed by atoms with Gasteiger partial charge in [-0.3, -0.25) is 19.5 Å². The molecule has 0 saturated carbocycles. The second-order valence-electron chi connectivity index (χ2n) is 7.09. The van der Waals surface area contributed by atoms with Gasteiger partial charge in [-0.25, -0.2) is 0 Å². The third-order valence-electron chi connectivity index (χ3n) is 5.21. The molecule has 1 aromatic heterocycles. The van der Waals surface area contributed by atoms with Gasteiger partial charge in [0.05, 0.1) is 36.1 Å². The molecule has 0 radical (unpaired) electrons. The van der Waals surface area contributed by atoms with E-state index in [4.69, 9.17) is 32.7 Å². The lowest BCUT2D eigenvalue weighted by Gasteiger charge is -2.25. The Kier molecular flexibility index (Phi) is 6.26. The number of methoxy groups -OCH3 is 2. The van der Waals surface area contributed by atoms with Gasteiger partial charge in [-0.1, -0.05) is 35.3 Å². The number of Topliss-reactive ketones (excluding diaryl/α,β-unsaturated/α-hetero) is 1. The molecule has 0 bridgehead atoms. The Morgan fingerprint density at radius 2 is 1.82 bits per heavy atom. The number of carbonyl (C=O) groups excluding carboxylic acids is 2. The number of hydrogen-bond donors (Lipinski definition) is 1. The highest BCUT2D eigenvalue weighted by Crippen LogP contribution is 2.44. The van der Waals surface area contributed by atoms with Crippen molar-refractivity contribution >= 4 is 46.3 Å². The van der Waals surface area contributed by atoms with E-state index in [-0.39, 0.29) is 26.9 Å². The Labute approximate surface area is 199 Å². The van der Waals surface area contributed by atoms with Crippen LogP contribution in [-0.2, 0) is 9.59 Å². The average molecular weight is 485 g/mol.